The van der Waals surface area contributed by atoms with Crippen LogP contribution in [-0.2, 0) is 28.9 Å². The number of carbonyl (C=O) groups is 2. The van der Waals surface area contributed by atoms with E-state index in [1.54, 1.807) is 4.90 Å². The Hall–Kier alpha value is -2.12. The molecule has 1 aromatic carbocycles. The molecule has 0 unspecified atom stereocenters. The third-order valence-corrected chi connectivity index (χ3v) is 5.58. The molecule has 0 saturated carbocycles. The van der Waals surface area contributed by atoms with Crippen LogP contribution in [0.1, 0.15) is 43.3 Å². The number of rotatable bonds is 4. The molecular formula is C20H24ClN3O3S. The van der Waals surface area contributed by atoms with E-state index in [1.807, 2.05) is 45.0 Å². The summed E-state index contributed by atoms with van der Waals surface area (Å²) in [4.78, 5) is 31.7. The first-order chi connectivity index (χ1) is 13.2. The summed E-state index contributed by atoms with van der Waals surface area (Å²) in [7, 11) is 0. The molecule has 0 bridgehead atoms. The summed E-state index contributed by atoms with van der Waals surface area (Å²) in [5.41, 5.74) is 1.36. The molecule has 3 rings (SSSR count). The quantitative estimate of drug-likeness (QED) is 0.779. The molecule has 2 amide bonds. The van der Waals surface area contributed by atoms with Gasteiger partial charge in [0.2, 0.25) is 5.91 Å². The van der Waals surface area contributed by atoms with Crippen LogP contribution in [0.15, 0.2) is 24.3 Å². The minimum absolute atomic E-state index is 0.102. The zero-order valence-corrected chi connectivity index (χ0v) is 17.8. The maximum Gasteiger partial charge on any atom is 0.410 e. The van der Waals surface area contributed by atoms with Crippen molar-refractivity contribution in [3.8, 4) is 0 Å². The summed E-state index contributed by atoms with van der Waals surface area (Å²) in [6, 6.07) is 7.51. The van der Waals surface area contributed by atoms with E-state index in [0.29, 0.717) is 42.5 Å². The molecule has 6 nitrogen and oxygen atoms in total. The first-order valence-corrected chi connectivity index (χ1v) is 10.4. The fourth-order valence-corrected chi connectivity index (χ4v) is 4.13. The maximum atomic E-state index is 12.3. The first kappa shape index (κ1) is 20.6. The summed E-state index contributed by atoms with van der Waals surface area (Å²) in [5.74, 6) is -0.102. The zero-order chi connectivity index (χ0) is 20.3. The Bertz CT molecular complexity index is 876. The van der Waals surface area contributed by atoms with Crippen LogP contribution >= 0.6 is 22.9 Å². The summed E-state index contributed by atoms with van der Waals surface area (Å²) in [6.45, 7) is 6.57. The molecule has 0 spiro atoms. The zero-order valence-electron chi connectivity index (χ0n) is 16.3. The van der Waals surface area contributed by atoms with Gasteiger partial charge in [0.25, 0.3) is 0 Å². The Morgan fingerprint density at radius 3 is 2.79 bits per heavy atom. The van der Waals surface area contributed by atoms with Crippen molar-refractivity contribution in [2.75, 3.05) is 11.9 Å². The van der Waals surface area contributed by atoms with Crippen molar-refractivity contribution >= 4 is 40.1 Å². The van der Waals surface area contributed by atoms with Crippen LogP contribution in [0.4, 0.5) is 9.93 Å². The molecule has 0 radical (unpaired) electrons. The molecule has 28 heavy (non-hydrogen) atoms. The molecule has 0 fully saturated rings. The lowest BCUT2D eigenvalue weighted by Crippen LogP contribution is -2.39. The van der Waals surface area contributed by atoms with Crippen molar-refractivity contribution in [3.05, 3.63) is 45.4 Å². The molecule has 8 heteroatoms. The lowest BCUT2D eigenvalue weighted by atomic mass is 10.1. The van der Waals surface area contributed by atoms with Gasteiger partial charge in [0.15, 0.2) is 5.13 Å². The van der Waals surface area contributed by atoms with Gasteiger partial charge in [0.1, 0.15) is 5.60 Å². The second-order valence-electron chi connectivity index (χ2n) is 7.68. The van der Waals surface area contributed by atoms with Crippen molar-refractivity contribution in [1.29, 1.82) is 0 Å². The second kappa shape index (κ2) is 8.49. The van der Waals surface area contributed by atoms with Gasteiger partial charge in [-0.15, -0.1) is 0 Å². The number of thiazole rings is 1. The Morgan fingerprint density at radius 1 is 1.32 bits per heavy atom. The van der Waals surface area contributed by atoms with Crippen LogP contribution in [0.2, 0.25) is 5.02 Å². The Labute approximate surface area is 173 Å². The number of benzene rings is 1. The third-order valence-electron chi connectivity index (χ3n) is 4.21. The second-order valence-corrected chi connectivity index (χ2v) is 9.17. The van der Waals surface area contributed by atoms with Crippen molar-refractivity contribution in [2.45, 2.75) is 52.2 Å². The number of fused-ring (bicyclic) bond motifs is 1. The van der Waals surface area contributed by atoms with Crippen molar-refractivity contribution in [1.82, 2.24) is 9.88 Å². The number of nitrogens with zero attached hydrogens (tertiary/aromatic N) is 2. The van der Waals surface area contributed by atoms with Crippen LogP contribution in [0, 0.1) is 0 Å². The highest BCUT2D eigenvalue weighted by Gasteiger charge is 2.28. The van der Waals surface area contributed by atoms with E-state index in [2.05, 4.69) is 10.3 Å². The molecule has 1 aliphatic heterocycles. The molecule has 150 valence electrons. The van der Waals surface area contributed by atoms with Gasteiger partial charge >= 0.3 is 6.09 Å². The largest absolute Gasteiger partial charge is 0.444 e. The average molecular weight is 422 g/mol. The maximum absolute atomic E-state index is 12.3. The fourth-order valence-electron chi connectivity index (χ4n) is 2.86. The van der Waals surface area contributed by atoms with Gasteiger partial charge in [-0.05, 0) is 38.8 Å². The molecular weight excluding hydrogens is 398 g/mol. The number of aromatic nitrogens is 1. The van der Waals surface area contributed by atoms with E-state index in [9.17, 15) is 9.59 Å². The third kappa shape index (κ3) is 5.45. The van der Waals surface area contributed by atoms with Crippen LogP contribution in [0.25, 0.3) is 0 Å². The number of nitrogens with one attached hydrogen (secondary N) is 1. The topological polar surface area (TPSA) is 71.5 Å². The normalized spacial score (nSPS) is 13.8. The van der Waals surface area contributed by atoms with Gasteiger partial charge < -0.3 is 15.0 Å². The van der Waals surface area contributed by atoms with Crippen molar-refractivity contribution < 1.29 is 14.3 Å². The predicted octanol–water partition coefficient (Wildman–Crippen LogP) is 4.66. The standard InChI is InChI=1S/C20H24ClN3O3S/c1-20(2,3)27-19(26)24-11-10-15-16(12-24)28-18(22-15)23-17(25)9-8-13-6-4-5-7-14(13)21/h4-7H,8-12H2,1-3H3,(H,22,23,25). The molecule has 1 aliphatic rings. The van der Waals surface area contributed by atoms with Crippen LogP contribution in [0.3, 0.4) is 0 Å². The van der Waals surface area contributed by atoms with E-state index >= 15 is 0 Å². The number of hydrogen-bond donors (Lipinski definition) is 1. The van der Waals surface area contributed by atoms with Crippen molar-refractivity contribution in [2.24, 2.45) is 0 Å². The van der Waals surface area contributed by atoms with E-state index in [1.165, 1.54) is 11.3 Å². The van der Waals surface area contributed by atoms with Gasteiger partial charge in [-0.25, -0.2) is 9.78 Å². The van der Waals surface area contributed by atoms with Crippen molar-refractivity contribution in [3.63, 3.8) is 0 Å². The molecule has 0 aliphatic carbocycles. The number of halogens is 1. The minimum Gasteiger partial charge on any atom is -0.444 e. The highest BCUT2D eigenvalue weighted by molar-refractivity contribution is 7.15. The molecule has 0 saturated heterocycles. The molecule has 0 atom stereocenters. The van der Waals surface area contributed by atoms with E-state index in [-0.39, 0.29) is 12.0 Å². The van der Waals surface area contributed by atoms with Gasteiger partial charge in [-0.3, -0.25) is 4.79 Å². The summed E-state index contributed by atoms with van der Waals surface area (Å²) >= 11 is 7.54. The lowest BCUT2D eigenvalue weighted by molar-refractivity contribution is -0.116. The molecule has 1 aromatic heterocycles. The van der Waals surface area contributed by atoms with Crippen LogP contribution in [0.5, 0.6) is 0 Å². The number of anilines is 1. The summed E-state index contributed by atoms with van der Waals surface area (Å²) in [6.07, 6.45) is 1.23. The number of amides is 2. The predicted molar refractivity (Wildman–Crippen MR) is 111 cm³/mol. The van der Waals surface area contributed by atoms with E-state index in [0.717, 1.165) is 16.1 Å². The highest BCUT2D eigenvalue weighted by Crippen LogP contribution is 2.29. The van der Waals surface area contributed by atoms with Gasteiger partial charge in [0.05, 0.1) is 12.2 Å². The van der Waals surface area contributed by atoms with E-state index < -0.39 is 5.60 Å². The smallest absolute Gasteiger partial charge is 0.410 e. The molecule has 2 aromatic rings. The summed E-state index contributed by atoms with van der Waals surface area (Å²) in [5, 5.41) is 4.10. The first-order valence-electron chi connectivity index (χ1n) is 9.21. The Balaban J connectivity index is 1.56. The highest BCUT2D eigenvalue weighted by atomic mass is 35.5. The number of aryl methyl sites for hydroxylation is 1. The van der Waals surface area contributed by atoms with Crippen LogP contribution in [-0.4, -0.2) is 34.0 Å². The molecule has 1 N–H and O–H groups in total. The summed E-state index contributed by atoms with van der Waals surface area (Å²) < 4.78 is 5.44. The lowest BCUT2D eigenvalue weighted by Gasteiger charge is -2.29. The number of hydrogen-bond acceptors (Lipinski definition) is 5. The SMILES string of the molecule is CC(C)(C)OC(=O)N1CCc2nc(NC(=O)CCc3ccccc3Cl)sc2C1. The number of ether oxygens (including phenoxy) is 1. The van der Waals surface area contributed by atoms with E-state index in [4.69, 9.17) is 16.3 Å². The molecule has 2 heterocycles. The Kier molecular flexibility index (Phi) is 6.25. The van der Waals surface area contributed by atoms with Crippen LogP contribution < -0.4 is 5.32 Å². The minimum atomic E-state index is -0.522. The monoisotopic (exact) mass is 421 g/mol. The van der Waals surface area contributed by atoms with Gasteiger partial charge in [0, 0.05) is 29.3 Å². The van der Waals surface area contributed by atoms with Gasteiger partial charge in [-0.1, -0.05) is 41.1 Å². The average Bonchev–Trinajstić information content (AvgIpc) is 3.00. The number of carbonyl (C=O) groups excluding carboxylic acids is 2. The fraction of sp³-hybridized carbons (Fsp3) is 0.450. The Morgan fingerprint density at radius 2 is 2.07 bits per heavy atom. The van der Waals surface area contributed by atoms with Gasteiger partial charge in [-0.2, -0.15) is 0 Å².